The molecule has 0 spiro atoms. The van der Waals surface area contributed by atoms with Crippen molar-refractivity contribution < 1.29 is 28.9 Å². The molecule has 3 aliphatic rings. The minimum absolute atomic E-state index is 0.133. The molecule has 7 nitrogen and oxygen atoms in total. The molecule has 0 radical (unpaired) electrons. The molecule has 0 aliphatic carbocycles. The monoisotopic (exact) mass is 273 g/mol. The maximum Gasteiger partial charge on any atom is 0.258 e. The van der Waals surface area contributed by atoms with Crippen LogP contribution >= 0.6 is 0 Å². The molecule has 19 heavy (non-hydrogen) atoms. The van der Waals surface area contributed by atoms with Gasteiger partial charge in [-0.25, -0.2) is 0 Å². The number of oxime groups is 1. The SMILES string of the molecule is CC1(C)OCC([C@H]2O/C(=N\O)[C@H]3OC(C)(C)O[C@H]32)O1. The summed E-state index contributed by atoms with van der Waals surface area (Å²) in [6.45, 7) is 7.72. The van der Waals surface area contributed by atoms with E-state index in [1.807, 2.05) is 27.7 Å². The molecule has 108 valence electrons. The van der Waals surface area contributed by atoms with Crippen molar-refractivity contribution >= 4 is 5.90 Å². The zero-order valence-electron chi connectivity index (χ0n) is 11.5. The third-order valence-corrected chi connectivity index (χ3v) is 3.45. The van der Waals surface area contributed by atoms with Crippen molar-refractivity contribution in [3.05, 3.63) is 0 Å². The van der Waals surface area contributed by atoms with Crippen LogP contribution in [0.3, 0.4) is 0 Å². The predicted molar refractivity (Wildman–Crippen MR) is 62.8 cm³/mol. The summed E-state index contributed by atoms with van der Waals surface area (Å²) in [5, 5.41) is 12.1. The van der Waals surface area contributed by atoms with Crippen molar-refractivity contribution in [1.29, 1.82) is 0 Å². The zero-order chi connectivity index (χ0) is 13.8. The van der Waals surface area contributed by atoms with Crippen LogP contribution in [0.15, 0.2) is 5.16 Å². The van der Waals surface area contributed by atoms with Gasteiger partial charge in [0.15, 0.2) is 23.8 Å². The van der Waals surface area contributed by atoms with E-state index in [9.17, 15) is 0 Å². The van der Waals surface area contributed by atoms with E-state index in [0.29, 0.717) is 6.61 Å². The Hall–Kier alpha value is -0.890. The van der Waals surface area contributed by atoms with E-state index in [4.69, 9.17) is 28.9 Å². The van der Waals surface area contributed by atoms with Crippen LogP contribution in [0.4, 0.5) is 0 Å². The summed E-state index contributed by atoms with van der Waals surface area (Å²) in [6.07, 6.45) is -1.54. The molecule has 1 N–H and O–H groups in total. The molecule has 3 saturated heterocycles. The fourth-order valence-electron chi connectivity index (χ4n) is 2.74. The van der Waals surface area contributed by atoms with Gasteiger partial charge in [0.1, 0.15) is 12.2 Å². The third kappa shape index (κ3) is 2.20. The second kappa shape index (κ2) is 4.05. The lowest BCUT2D eigenvalue weighted by atomic mass is 10.1. The Morgan fingerprint density at radius 1 is 1.05 bits per heavy atom. The predicted octanol–water partition coefficient (Wildman–Crippen LogP) is 0.844. The Balaban J connectivity index is 1.80. The summed E-state index contributed by atoms with van der Waals surface area (Å²) < 4.78 is 28.4. The molecule has 0 aromatic carbocycles. The number of ether oxygens (including phenoxy) is 5. The van der Waals surface area contributed by atoms with Gasteiger partial charge in [0.25, 0.3) is 5.90 Å². The van der Waals surface area contributed by atoms with Crippen molar-refractivity contribution in [1.82, 2.24) is 0 Å². The van der Waals surface area contributed by atoms with Crippen LogP contribution in [0.5, 0.6) is 0 Å². The van der Waals surface area contributed by atoms with Gasteiger partial charge in [0.05, 0.1) is 6.61 Å². The van der Waals surface area contributed by atoms with E-state index >= 15 is 0 Å². The minimum atomic E-state index is -0.734. The first-order valence-electron chi connectivity index (χ1n) is 6.37. The number of rotatable bonds is 1. The Morgan fingerprint density at radius 2 is 1.79 bits per heavy atom. The molecule has 7 heteroatoms. The summed E-state index contributed by atoms with van der Waals surface area (Å²) >= 11 is 0. The quantitative estimate of drug-likeness (QED) is 0.563. The third-order valence-electron chi connectivity index (χ3n) is 3.45. The van der Waals surface area contributed by atoms with Crippen LogP contribution in [-0.4, -0.2) is 53.7 Å². The van der Waals surface area contributed by atoms with Gasteiger partial charge in [-0.05, 0) is 27.7 Å². The standard InChI is InChI=1S/C12H19NO6/c1-11(2)15-5-6(17-11)7-8-9(10(13-14)16-7)19-12(3,4)18-8/h6-9,14H,5H2,1-4H3/b13-10-/t6?,7-,8+,9+/m1/s1. The second-order valence-electron chi connectivity index (χ2n) is 5.91. The molecule has 3 heterocycles. The first-order chi connectivity index (χ1) is 8.81. The zero-order valence-corrected chi connectivity index (χ0v) is 11.5. The van der Waals surface area contributed by atoms with Crippen LogP contribution in [0, 0.1) is 0 Å². The van der Waals surface area contributed by atoms with Crippen LogP contribution in [0.1, 0.15) is 27.7 Å². The Morgan fingerprint density at radius 3 is 2.37 bits per heavy atom. The maximum atomic E-state index is 9.00. The van der Waals surface area contributed by atoms with E-state index in [-0.39, 0.29) is 18.1 Å². The van der Waals surface area contributed by atoms with Crippen molar-refractivity contribution in [2.24, 2.45) is 5.16 Å². The smallest absolute Gasteiger partial charge is 0.258 e. The molecule has 3 fully saturated rings. The minimum Gasteiger partial charge on any atom is -0.468 e. The van der Waals surface area contributed by atoms with Crippen LogP contribution in [-0.2, 0) is 23.7 Å². The Labute approximate surface area is 111 Å². The molecule has 1 unspecified atom stereocenters. The average Bonchev–Trinajstić information content (AvgIpc) is 2.89. The summed E-state index contributed by atoms with van der Waals surface area (Å²) in [4.78, 5) is 0. The van der Waals surface area contributed by atoms with E-state index in [0.717, 1.165) is 0 Å². The molecule has 3 rings (SSSR count). The number of nitrogens with zero attached hydrogens (tertiary/aromatic N) is 1. The lowest BCUT2D eigenvalue weighted by Gasteiger charge is -2.25. The Kier molecular flexibility index (Phi) is 2.79. The van der Waals surface area contributed by atoms with Crippen LogP contribution in [0.25, 0.3) is 0 Å². The van der Waals surface area contributed by atoms with E-state index in [1.54, 1.807) is 0 Å². The van der Waals surface area contributed by atoms with Crippen LogP contribution < -0.4 is 0 Å². The van der Waals surface area contributed by atoms with Gasteiger partial charge in [-0.3, -0.25) is 0 Å². The largest absolute Gasteiger partial charge is 0.468 e. The van der Waals surface area contributed by atoms with E-state index in [1.165, 1.54) is 0 Å². The summed E-state index contributed by atoms with van der Waals surface area (Å²) in [5.41, 5.74) is 0. The molecular weight excluding hydrogens is 254 g/mol. The number of hydrogen-bond donors (Lipinski definition) is 1. The van der Waals surface area contributed by atoms with Crippen molar-refractivity contribution in [2.45, 2.75) is 63.7 Å². The number of hydrogen-bond acceptors (Lipinski definition) is 7. The molecule has 0 bridgehead atoms. The average molecular weight is 273 g/mol. The van der Waals surface area contributed by atoms with Crippen molar-refractivity contribution in [3.63, 3.8) is 0 Å². The summed E-state index contributed by atoms with van der Waals surface area (Å²) in [5.74, 6) is -1.24. The fraction of sp³-hybridized carbons (Fsp3) is 0.917. The second-order valence-corrected chi connectivity index (χ2v) is 5.91. The van der Waals surface area contributed by atoms with Gasteiger partial charge in [0, 0.05) is 0 Å². The molecule has 3 aliphatic heterocycles. The van der Waals surface area contributed by atoms with Gasteiger partial charge in [0.2, 0.25) is 0 Å². The molecule has 0 aromatic rings. The molecule has 0 saturated carbocycles. The topological polar surface area (TPSA) is 78.7 Å². The van der Waals surface area contributed by atoms with E-state index in [2.05, 4.69) is 5.16 Å². The first kappa shape index (κ1) is 13.1. The lowest BCUT2D eigenvalue weighted by molar-refractivity contribution is -0.179. The first-order valence-corrected chi connectivity index (χ1v) is 6.37. The summed E-state index contributed by atoms with van der Waals surface area (Å²) in [6, 6.07) is 0. The van der Waals surface area contributed by atoms with Gasteiger partial charge in [-0.2, -0.15) is 0 Å². The normalized spacial score (nSPS) is 45.4. The van der Waals surface area contributed by atoms with Gasteiger partial charge >= 0.3 is 0 Å². The highest BCUT2D eigenvalue weighted by molar-refractivity contribution is 5.83. The van der Waals surface area contributed by atoms with Gasteiger partial charge in [-0.1, -0.05) is 5.16 Å². The Bertz CT molecular complexity index is 407. The number of fused-ring (bicyclic) bond motifs is 1. The molecular formula is C12H19NO6. The molecule has 0 aromatic heterocycles. The van der Waals surface area contributed by atoms with Gasteiger partial charge in [-0.15, -0.1) is 0 Å². The fourth-order valence-corrected chi connectivity index (χ4v) is 2.74. The highest BCUT2D eigenvalue weighted by atomic mass is 16.8. The highest BCUT2D eigenvalue weighted by Gasteiger charge is 2.58. The molecule has 0 amide bonds. The van der Waals surface area contributed by atoms with Gasteiger partial charge < -0.3 is 28.9 Å². The molecule has 4 atom stereocenters. The van der Waals surface area contributed by atoms with Crippen LogP contribution in [0.2, 0.25) is 0 Å². The van der Waals surface area contributed by atoms with Crippen molar-refractivity contribution in [3.8, 4) is 0 Å². The van der Waals surface area contributed by atoms with Crippen molar-refractivity contribution in [2.75, 3.05) is 6.61 Å². The summed E-state index contributed by atoms with van der Waals surface area (Å²) in [7, 11) is 0. The maximum absolute atomic E-state index is 9.00. The highest BCUT2D eigenvalue weighted by Crippen LogP contribution is 2.40. The van der Waals surface area contributed by atoms with E-state index < -0.39 is 23.8 Å². The lowest BCUT2D eigenvalue weighted by Crippen LogP contribution is -2.40.